The van der Waals surface area contributed by atoms with Crippen LogP contribution in [0, 0.1) is 0 Å². The average molecular weight is 278 g/mol. The second-order valence-electron chi connectivity index (χ2n) is 4.82. The molecule has 0 atom stereocenters. The summed E-state index contributed by atoms with van der Waals surface area (Å²) in [6.07, 6.45) is 6.82. The fourth-order valence-electron chi connectivity index (χ4n) is 2.43. The molecule has 0 radical (unpaired) electrons. The second-order valence-corrected chi connectivity index (χ2v) is 4.82. The van der Waals surface area contributed by atoms with E-state index in [0.717, 1.165) is 16.5 Å². The standard InChI is InChI=1S/C17H14N2O2/c1-19-11-13(14-6-2-3-7-16(14)19)9-15(17(20)21)12-5-4-8-18-10-12/h2-11H,1H3,(H,20,21)/b15-9+. The van der Waals surface area contributed by atoms with E-state index in [9.17, 15) is 9.90 Å². The summed E-state index contributed by atoms with van der Waals surface area (Å²) in [5, 5.41) is 10.5. The molecule has 2 heterocycles. The van der Waals surface area contributed by atoms with Crippen LogP contribution in [0.25, 0.3) is 22.6 Å². The van der Waals surface area contributed by atoms with Gasteiger partial charge >= 0.3 is 5.97 Å². The van der Waals surface area contributed by atoms with Crippen LogP contribution in [0.15, 0.2) is 55.0 Å². The largest absolute Gasteiger partial charge is 0.478 e. The lowest BCUT2D eigenvalue weighted by molar-refractivity contribution is -0.130. The summed E-state index contributed by atoms with van der Waals surface area (Å²) in [5.74, 6) is -0.962. The molecule has 0 aliphatic rings. The molecule has 4 heteroatoms. The summed E-state index contributed by atoms with van der Waals surface area (Å²) < 4.78 is 1.99. The molecule has 3 rings (SSSR count). The third-order valence-electron chi connectivity index (χ3n) is 3.43. The molecule has 1 N–H and O–H groups in total. The number of aromatic nitrogens is 2. The molecule has 0 fully saturated rings. The number of nitrogens with zero attached hydrogens (tertiary/aromatic N) is 2. The smallest absolute Gasteiger partial charge is 0.336 e. The highest BCUT2D eigenvalue weighted by atomic mass is 16.4. The van der Waals surface area contributed by atoms with Gasteiger partial charge in [-0.2, -0.15) is 0 Å². The molecule has 2 aromatic heterocycles. The third-order valence-corrected chi connectivity index (χ3v) is 3.43. The quantitative estimate of drug-likeness (QED) is 0.748. The molecular weight excluding hydrogens is 264 g/mol. The maximum Gasteiger partial charge on any atom is 0.336 e. The van der Waals surface area contributed by atoms with Crippen molar-refractivity contribution in [3.05, 3.63) is 66.1 Å². The Labute approximate surface area is 122 Å². The van der Waals surface area contributed by atoms with E-state index in [1.54, 1.807) is 30.6 Å². The lowest BCUT2D eigenvalue weighted by atomic mass is 10.0. The number of aliphatic carboxylic acids is 1. The van der Waals surface area contributed by atoms with Crippen molar-refractivity contribution in [3.8, 4) is 0 Å². The molecule has 0 spiro atoms. The Hall–Kier alpha value is -2.88. The molecule has 4 nitrogen and oxygen atoms in total. The van der Waals surface area contributed by atoms with Crippen LogP contribution in [0.5, 0.6) is 0 Å². The highest BCUT2D eigenvalue weighted by molar-refractivity contribution is 6.21. The van der Waals surface area contributed by atoms with Crippen LogP contribution >= 0.6 is 0 Å². The van der Waals surface area contributed by atoms with Gasteiger partial charge in [0.1, 0.15) is 0 Å². The summed E-state index contributed by atoms with van der Waals surface area (Å²) in [7, 11) is 1.95. The number of carboxylic acid groups (broad SMARTS) is 1. The van der Waals surface area contributed by atoms with E-state index >= 15 is 0 Å². The summed E-state index contributed by atoms with van der Waals surface area (Å²) in [5.41, 5.74) is 2.78. The van der Waals surface area contributed by atoms with Crippen LogP contribution in [0.4, 0.5) is 0 Å². The maximum atomic E-state index is 11.5. The SMILES string of the molecule is Cn1cc(/C=C(/C(=O)O)c2cccnc2)c2ccccc21. The Morgan fingerprint density at radius 3 is 2.76 bits per heavy atom. The zero-order valence-electron chi connectivity index (χ0n) is 11.5. The Kier molecular flexibility index (Phi) is 3.28. The molecule has 0 saturated carbocycles. The lowest BCUT2D eigenvalue weighted by Crippen LogP contribution is -1.99. The van der Waals surface area contributed by atoms with Crippen LogP contribution in [0.1, 0.15) is 11.1 Å². The number of hydrogen-bond acceptors (Lipinski definition) is 2. The number of carbonyl (C=O) groups is 1. The number of aryl methyl sites for hydroxylation is 1. The normalized spacial score (nSPS) is 11.8. The average Bonchev–Trinajstić information content (AvgIpc) is 2.82. The second kappa shape index (κ2) is 5.25. The summed E-state index contributed by atoms with van der Waals surface area (Å²) in [6.45, 7) is 0. The van der Waals surface area contributed by atoms with E-state index in [1.807, 2.05) is 42.1 Å². The van der Waals surface area contributed by atoms with Crippen molar-refractivity contribution < 1.29 is 9.90 Å². The fraction of sp³-hybridized carbons (Fsp3) is 0.0588. The number of fused-ring (bicyclic) bond motifs is 1. The monoisotopic (exact) mass is 278 g/mol. The molecule has 1 aromatic carbocycles. The number of pyridine rings is 1. The first-order valence-corrected chi connectivity index (χ1v) is 6.56. The van der Waals surface area contributed by atoms with Crippen LogP contribution in [-0.2, 0) is 11.8 Å². The number of benzene rings is 1. The van der Waals surface area contributed by atoms with Gasteiger partial charge in [0.05, 0.1) is 5.57 Å². The first-order valence-electron chi connectivity index (χ1n) is 6.56. The first-order chi connectivity index (χ1) is 10.2. The molecule has 0 bridgehead atoms. The number of para-hydroxylation sites is 1. The van der Waals surface area contributed by atoms with Crippen molar-refractivity contribution in [2.45, 2.75) is 0 Å². The van der Waals surface area contributed by atoms with E-state index in [1.165, 1.54) is 0 Å². The van der Waals surface area contributed by atoms with Crippen LogP contribution in [-0.4, -0.2) is 20.6 Å². The Morgan fingerprint density at radius 2 is 2.05 bits per heavy atom. The number of carboxylic acids is 1. The molecule has 0 amide bonds. The topological polar surface area (TPSA) is 55.1 Å². The van der Waals surface area contributed by atoms with E-state index in [0.29, 0.717) is 5.56 Å². The number of hydrogen-bond donors (Lipinski definition) is 1. The molecule has 0 unspecified atom stereocenters. The van der Waals surface area contributed by atoms with Gasteiger partial charge in [0, 0.05) is 47.7 Å². The van der Waals surface area contributed by atoms with Crippen molar-refractivity contribution in [2.24, 2.45) is 7.05 Å². The van der Waals surface area contributed by atoms with Gasteiger partial charge in [-0.1, -0.05) is 24.3 Å². The lowest BCUT2D eigenvalue weighted by Gasteiger charge is -2.01. The Bertz CT molecular complexity index is 832. The van der Waals surface area contributed by atoms with Gasteiger partial charge in [0.2, 0.25) is 0 Å². The van der Waals surface area contributed by atoms with Crippen molar-refractivity contribution >= 4 is 28.5 Å². The summed E-state index contributed by atoms with van der Waals surface area (Å²) >= 11 is 0. The molecule has 104 valence electrons. The van der Waals surface area contributed by atoms with Gasteiger partial charge in [-0.15, -0.1) is 0 Å². The predicted octanol–water partition coefficient (Wildman–Crippen LogP) is 3.20. The van der Waals surface area contributed by atoms with Crippen LogP contribution in [0.3, 0.4) is 0 Å². The summed E-state index contributed by atoms with van der Waals surface area (Å²) in [4.78, 5) is 15.5. The van der Waals surface area contributed by atoms with E-state index in [-0.39, 0.29) is 5.57 Å². The van der Waals surface area contributed by atoms with Crippen molar-refractivity contribution in [3.63, 3.8) is 0 Å². The first kappa shape index (κ1) is 13.1. The highest BCUT2D eigenvalue weighted by Crippen LogP contribution is 2.25. The van der Waals surface area contributed by atoms with Gasteiger partial charge < -0.3 is 9.67 Å². The minimum Gasteiger partial charge on any atom is -0.478 e. The van der Waals surface area contributed by atoms with Crippen LogP contribution in [0.2, 0.25) is 0 Å². The van der Waals surface area contributed by atoms with Crippen LogP contribution < -0.4 is 0 Å². The number of rotatable bonds is 3. The van der Waals surface area contributed by atoms with Gasteiger partial charge in [-0.25, -0.2) is 4.79 Å². The highest BCUT2D eigenvalue weighted by Gasteiger charge is 2.12. The van der Waals surface area contributed by atoms with Gasteiger partial charge in [-0.3, -0.25) is 4.98 Å². The zero-order chi connectivity index (χ0) is 14.8. The zero-order valence-corrected chi connectivity index (χ0v) is 11.5. The third kappa shape index (κ3) is 2.43. The molecule has 0 aliphatic heterocycles. The van der Waals surface area contributed by atoms with Crippen molar-refractivity contribution in [1.82, 2.24) is 9.55 Å². The molecule has 0 saturated heterocycles. The molecule has 0 aliphatic carbocycles. The predicted molar refractivity (Wildman–Crippen MR) is 82.7 cm³/mol. The van der Waals surface area contributed by atoms with Gasteiger partial charge in [0.25, 0.3) is 0 Å². The minimum atomic E-state index is -0.962. The fourth-order valence-corrected chi connectivity index (χ4v) is 2.43. The van der Waals surface area contributed by atoms with Gasteiger partial charge in [-0.05, 0) is 18.2 Å². The minimum absolute atomic E-state index is 0.236. The van der Waals surface area contributed by atoms with E-state index in [4.69, 9.17) is 0 Å². The van der Waals surface area contributed by atoms with E-state index in [2.05, 4.69) is 4.98 Å². The molecular formula is C17H14N2O2. The Balaban J connectivity index is 2.19. The maximum absolute atomic E-state index is 11.5. The molecule has 3 aromatic rings. The van der Waals surface area contributed by atoms with Crippen molar-refractivity contribution in [1.29, 1.82) is 0 Å². The van der Waals surface area contributed by atoms with Crippen molar-refractivity contribution in [2.75, 3.05) is 0 Å². The molecule has 21 heavy (non-hydrogen) atoms. The Morgan fingerprint density at radius 1 is 1.24 bits per heavy atom. The van der Waals surface area contributed by atoms with Gasteiger partial charge in [0.15, 0.2) is 0 Å². The van der Waals surface area contributed by atoms with E-state index < -0.39 is 5.97 Å². The summed E-state index contributed by atoms with van der Waals surface area (Å²) in [6, 6.07) is 11.4.